The van der Waals surface area contributed by atoms with E-state index in [9.17, 15) is 14.0 Å². The van der Waals surface area contributed by atoms with Crippen LogP contribution in [0.3, 0.4) is 0 Å². The molecular formula is C16H13FN2O4S. The Morgan fingerprint density at radius 3 is 2.88 bits per heavy atom. The van der Waals surface area contributed by atoms with Gasteiger partial charge in [0, 0.05) is 17.6 Å². The Morgan fingerprint density at radius 2 is 2.12 bits per heavy atom. The van der Waals surface area contributed by atoms with Crippen molar-refractivity contribution in [2.45, 2.75) is 19.6 Å². The van der Waals surface area contributed by atoms with Crippen LogP contribution in [0.4, 0.5) is 4.39 Å². The maximum atomic E-state index is 12.8. The number of fused-ring (bicyclic) bond motifs is 1. The lowest BCUT2D eigenvalue weighted by Gasteiger charge is -2.13. The molecule has 0 aliphatic rings. The third-order valence-corrected chi connectivity index (χ3v) is 3.93. The Balaban J connectivity index is 1.61. The molecule has 1 atom stereocenters. The van der Waals surface area contributed by atoms with Crippen molar-refractivity contribution in [2.75, 3.05) is 0 Å². The minimum absolute atomic E-state index is 0.125. The van der Waals surface area contributed by atoms with Crippen molar-refractivity contribution >= 4 is 22.3 Å². The molecule has 6 nitrogen and oxygen atoms in total. The Morgan fingerprint density at radius 1 is 1.38 bits per heavy atom. The summed E-state index contributed by atoms with van der Waals surface area (Å²) in [5.74, 6) is -0.636. The molecule has 0 radical (unpaired) electrons. The zero-order valence-electron chi connectivity index (χ0n) is 12.6. The van der Waals surface area contributed by atoms with E-state index in [2.05, 4.69) is 4.98 Å². The number of esters is 1. The minimum Gasteiger partial charge on any atom is -0.479 e. The molecule has 0 unspecified atom stereocenters. The van der Waals surface area contributed by atoms with Crippen LogP contribution in [0.1, 0.15) is 12.6 Å². The number of carbonyl (C=O) groups is 1. The number of benzene rings is 1. The maximum Gasteiger partial charge on any atom is 0.347 e. The molecule has 1 aromatic carbocycles. The van der Waals surface area contributed by atoms with Gasteiger partial charge in [-0.3, -0.25) is 9.20 Å². The van der Waals surface area contributed by atoms with Gasteiger partial charge in [0.25, 0.3) is 5.56 Å². The van der Waals surface area contributed by atoms with Gasteiger partial charge >= 0.3 is 5.97 Å². The van der Waals surface area contributed by atoms with Crippen LogP contribution in [0.25, 0.3) is 4.96 Å². The molecule has 0 saturated carbocycles. The smallest absolute Gasteiger partial charge is 0.347 e. The van der Waals surface area contributed by atoms with Crippen molar-refractivity contribution in [2.24, 2.45) is 0 Å². The first-order valence-corrected chi connectivity index (χ1v) is 7.95. The lowest BCUT2D eigenvalue weighted by molar-refractivity contribution is -0.152. The predicted octanol–water partition coefficient (Wildman–Crippen LogP) is 2.41. The SMILES string of the molecule is C[C@H](Oc1ccc(F)cc1)C(=O)OCc1cc(=O)n2ccsc2n1. The summed E-state index contributed by atoms with van der Waals surface area (Å²) in [5, 5.41) is 1.75. The van der Waals surface area contributed by atoms with Gasteiger partial charge in [0.05, 0.1) is 5.69 Å². The number of carbonyl (C=O) groups excluding carboxylic acids is 1. The van der Waals surface area contributed by atoms with Gasteiger partial charge in [-0.15, -0.1) is 11.3 Å². The Hall–Kier alpha value is -2.74. The van der Waals surface area contributed by atoms with Gasteiger partial charge in [-0.25, -0.2) is 14.2 Å². The van der Waals surface area contributed by atoms with Gasteiger partial charge in [-0.1, -0.05) is 0 Å². The molecular weight excluding hydrogens is 335 g/mol. The van der Waals surface area contributed by atoms with E-state index in [1.807, 2.05) is 0 Å². The summed E-state index contributed by atoms with van der Waals surface area (Å²) < 4.78 is 24.7. The van der Waals surface area contributed by atoms with Crippen LogP contribution in [0, 0.1) is 5.82 Å². The molecule has 0 fully saturated rings. The van der Waals surface area contributed by atoms with Crippen molar-refractivity contribution in [1.29, 1.82) is 0 Å². The average molecular weight is 348 g/mol. The van der Waals surface area contributed by atoms with Gasteiger partial charge in [0.1, 0.15) is 18.2 Å². The maximum absolute atomic E-state index is 12.8. The monoisotopic (exact) mass is 348 g/mol. The van der Waals surface area contributed by atoms with Crippen LogP contribution >= 0.6 is 11.3 Å². The fraction of sp³-hybridized carbons (Fsp3) is 0.188. The van der Waals surface area contributed by atoms with Crippen LogP contribution in [0.15, 0.2) is 46.7 Å². The highest BCUT2D eigenvalue weighted by atomic mass is 32.1. The molecule has 2 heterocycles. The van der Waals surface area contributed by atoms with Crippen LogP contribution in [0.5, 0.6) is 5.75 Å². The summed E-state index contributed by atoms with van der Waals surface area (Å²) in [6, 6.07) is 6.64. The van der Waals surface area contributed by atoms with E-state index in [-0.39, 0.29) is 18.0 Å². The number of rotatable bonds is 5. The summed E-state index contributed by atoms with van der Waals surface area (Å²) >= 11 is 1.32. The van der Waals surface area contributed by atoms with Gasteiger partial charge in [-0.05, 0) is 31.2 Å². The van der Waals surface area contributed by atoms with Crippen molar-refractivity contribution in [1.82, 2.24) is 9.38 Å². The highest BCUT2D eigenvalue weighted by molar-refractivity contribution is 7.15. The van der Waals surface area contributed by atoms with Crippen molar-refractivity contribution in [3.05, 3.63) is 63.8 Å². The van der Waals surface area contributed by atoms with E-state index >= 15 is 0 Å². The predicted molar refractivity (Wildman–Crippen MR) is 85.6 cm³/mol. The molecule has 0 aliphatic carbocycles. The summed E-state index contributed by atoms with van der Waals surface area (Å²) in [5.41, 5.74) is 0.132. The molecule has 3 aromatic rings. The number of aromatic nitrogens is 2. The first-order valence-electron chi connectivity index (χ1n) is 7.07. The van der Waals surface area contributed by atoms with Crippen molar-refractivity contribution < 1.29 is 18.7 Å². The number of ether oxygens (including phenoxy) is 2. The molecule has 0 N–H and O–H groups in total. The van der Waals surface area contributed by atoms with Crippen LogP contribution in [-0.4, -0.2) is 21.5 Å². The van der Waals surface area contributed by atoms with E-state index in [0.29, 0.717) is 16.4 Å². The normalized spacial score (nSPS) is 12.1. The van der Waals surface area contributed by atoms with Gasteiger partial charge < -0.3 is 9.47 Å². The van der Waals surface area contributed by atoms with Crippen molar-refractivity contribution in [3.63, 3.8) is 0 Å². The Labute approximate surface area is 140 Å². The molecule has 0 saturated heterocycles. The fourth-order valence-electron chi connectivity index (χ4n) is 1.99. The molecule has 0 aliphatic heterocycles. The number of hydrogen-bond donors (Lipinski definition) is 0. The second-order valence-electron chi connectivity index (χ2n) is 4.96. The molecule has 2 aromatic heterocycles. The summed E-state index contributed by atoms with van der Waals surface area (Å²) in [4.78, 5) is 28.6. The van der Waals surface area contributed by atoms with Crippen molar-refractivity contribution in [3.8, 4) is 5.75 Å². The lowest BCUT2D eigenvalue weighted by atomic mass is 10.3. The van der Waals surface area contributed by atoms with Gasteiger partial charge in [-0.2, -0.15) is 0 Å². The molecule has 0 amide bonds. The molecule has 0 spiro atoms. The second-order valence-corrected chi connectivity index (χ2v) is 5.84. The molecule has 8 heteroatoms. The average Bonchev–Trinajstić information content (AvgIpc) is 3.04. The first kappa shape index (κ1) is 16.1. The summed E-state index contributed by atoms with van der Waals surface area (Å²) in [7, 11) is 0. The highest BCUT2D eigenvalue weighted by Gasteiger charge is 2.17. The fourth-order valence-corrected chi connectivity index (χ4v) is 2.73. The summed E-state index contributed by atoms with van der Waals surface area (Å²) in [6.45, 7) is 1.40. The van der Waals surface area contributed by atoms with E-state index in [1.54, 1.807) is 11.6 Å². The standard InChI is InChI=1S/C16H13FN2O4S/c1-10(23-13-4-2-11(17)3-5-13)15(21)22-9-12-8-14(20)19-6-7-24-16(19)18-12/h2-8,10H,9H2,1H3/t10-/m0/s1. The number of nitrogens with zero attached hydrogens (tertiary/aromatic N) is 2. The van der Waals surface area contributed by atoms with Gasteiger partial charge in [0.2, 0.25) is 0 Å². The zero-order valence-corrected chi connectivity index (χ0v) is 13.5. The minimum atomic E-state index is -0.873. The van der Waals surface area contributed by atoms with E-state index in [1.165, 1.54) is 53.0 Å². The number of thiazole rings is 1. The third-order valence-electron chi connectivity index (χ3n) is 3.18. The van der Waals surface area contributed by atoms with Crippen LogP contribution < -0.4 is 10.3 Å². The number of halogens is 1. The van der Waals surface area contributed by atoms with E-state index in [4.69, 9.17) is 9.47 Å². The first-order chi connectivity index (χ1) is 11.5. The van der Waals surface area contributed by atoms with Crippen LogP contribution in [0.2, 0.25) is 0 Å². The van der Waals surface area contributed by atoms with E-state index < -0.39 is 12.1 Å². The molecule has 124 valence electrons. The second kappa shape index (κ2) is 6.79. The Bertz CT molecular complexity index is 920. The number of hydrogen-bond acceptors (Lipinski definition) is 6. The third kappa shape index (κ3) is 3.60. The lowest BCUT2D eigenvalue weighted by Crippen LogP contribution is -2.26. The quantitative estimate of drug-likeness (QED) is 0.662. The molecule has 24 heavy (non-hydrogen) atoms. The van der Waals surface area contributed by atoms with Crippen LogP contribution in [-0.2, 0) is 16.1 Å². The topological polar surface area (TPSA) is 69.9 Å². The summed E-state index contributed by atoms with van der Waals surface area (Å²) in [6.07, 6.45) is 0.756. The molecule has 0 bridgehead atoms. The van der Waals surface area contributed by atoms with E-state index in [0.717, 1.165) is 0 Å². The largest absolute Gasteiger partial charge is 0.479 e. The molecule has 3 rings (SSSR count). The van der Waals surface area contributed by atoms with Gasteiger partial charge in [0.15, 0.2) is 11.1 Å². The zero-order chi connectivity index (χ0) is 17.1. The highest BCUT2D eigenvalue weighted by Crippen LogP contribution is 2.14. The Kier molecular flexibility index (Phi) is 4.57.